The summed E-state index contributed by atoms with van der Waals surface area (Å²) in [6.07, 6.45) is 0. The molecule has 6 nitrogen and oxygen atoms in total. The molecule has 210 valence electrons. The first kappa shape index (κ1) is 28.6. The normalized spacial score (nSPS) is 11.6. The van der Waals surface area contributed by atoms with Gasteiger partial charge in [0.15, 0.2) is 0 Å². The molecular weight excluding hydrogens is 598 g/mol. The van der Waals surface area contributed by atoms with Crippen LogP contribution in [0.5, 0.6) is 0 Å². The number of aromatic nitrogens is 2. The Morgan fingerprint density at radius 1 is 0.780 bits per heavy atom. The van der Waals surface area contributed by atoms with E-state index in [1.54, 1.807) is 32.5 Å². The molecule has 0 atom stereocenters. The second-order valence-corrected chi connectivity index (χ2v) is 13.1. The van der Waals surface area contributed by atoms with E-state index in [1.807, 2.05) is 97.9 Å². The lowest BCUT2D eigenvalue weighted by molar-refractivity contribution is 0.588. The fourth-order valence-electron chi connectivity index (χ4n) is 5.47. The van der Waals surface area contributed by atoms with Crippen molar-refractivity contribution in [2.45, 2.75) is 39.1 Å². The van der Waals surface area contributed by atoms with Crippen molar-refractivity contribution < 1.29 is 8.42 Å². The minimum Gasteiger partial charge on any atom is -0.283 e. The van der Waals surface area contributed by atoms with E-state index in [0.29, 0.717) is 22.5 Å². The SMILES string of the molecule is Cc1cc(C)c(S(=O)(=O)N(Cc2cccc(-c3ccc(Br)cc3)c2)c2c(C)n(C)n(-c3ccccc3)c2=O)c(C)c1. The van der Waals surface area contributed by atoms with E-state index in [9.17, 15) is 13.2 Å². The minimum atomic E-state index is -4.14. The maximum Gasteiger partial charge on any atom is 0.296 e. The Labute approximate surface area is 249 Å². The van der Waals surface area contributed by atoms with Crippen molar-refractivity contribution in [1.82, 2.24) is 9.36 Å². The summed E-state index contributed by atoms with van der Waals surface area (Å²) in [6, 6.07) is 28.7. The van der Waals surface area contributed by atoms with Crippen LogP contribution in [0.15, 0.2) is 105 Å². The topological polar surface area (TPSA) is 64.3 Å². The summed E-state index contributed by atoms with van der Waals surface area (Å²) in [6.45, 7) is 7.33. The molecule has 0 amide bonds. The zero-order valence-electron chi connectivity index (χ0n) is 23.7. The number of hydrogen-bond donors (Lipinski definition) is 0. The number of anilines is 1. The summed E-state index contributed by atoms with van der Waals surface area (Å²) in [5.41, 5.74) is 5.96. The molecule has 0 N–H and O–H groups in total. The zero-order valence-corrected chi connectivity index (χ0v) is 26.1. The molecule has 5 aromatic rings. The fourth-order valence-corrected chi connectivity index (χ4v) is 7.65. The lowest BCUT2D eigenvalue weighted by atomic mass is 10.0. The second-order valence-electron chi connectivity index (χ2n) is 10.4. The van der Waals surface area contributed by atoms with Gasteiger partial charge in [0.1, 0.15) is 5.69 Å². The van der Waals surface area contributed by atoms with Gasteiger partial charge in [0.05, 0.1) is 22.8 Å². The smallest absolute Gasteiger partial charge is 0.283 e. The van der Waals surface area contributed by atoms with Crippen molar-refractivity contribution in [2.75, 3.05) is 4.31 Å². The van der Waals surface area contributed by atoms with Crippen molar-refractivity contribution in [1.29, 1.82) is 0 Å². The van der Waals surface area contributed by atoms with Crippen molar-refractivity contribution in [2.24, 2.45) is 7.05 Å². The lowest BCUT2D eigenvalue weighted by Crippen LogP contribution is -2.35. The quantitative estimate of drug-likeness (QED) is 0.191. The van der Waals surface area contributed by atoms with E-state index in [4.69, 9.17) is 0 Å². The van der Waals surface area contributed by atoms with Crippen LogP contribution in [0.4, 0.5) is 5.69 Å². The van der Waals surface area contributed by atoms with Crippen LogP contribution < -0.4 is 9.86 Å². The Kier molecular flexibility index (Phi) is 7.81. The van der Waals surface area contributed by atoms with Crippen molar-refractivity contribution in [3.05, 3.63) is 134 Å². The molecule has 0 unspecified atom stereocenters. The van der Waals surface area contributed by atoms with Crippen LogP contribution in [-0.4, -0.2) is 17.8 Å². The largest absolute Gasteiger partial charge is 0.296 e. The van der Waals surface area contributed by atoms with Gasteiger partial charge in [-0.1, -0.05) is 82.2 Å². The first-order valence-corrected chi connectivity index (χ1v) is 15.5. The molecule has 0 fully saturated rings. The Morgan fingerprint density at radius 2 is 1.41 bits per heavy atom. The van der Waals surface area contributed by atoms with Crippen LogP contribution in [0.1, 0.15) is 27.9 Å². The van der Waals surface area contributed by atoms with Crippen LogP contribution in [-0.2, 0) is 23.6 Å². The first-order chi connectivity index (χ1) is 19.5. The van der Waals surface area contributed by atoms with Gasteiger partial charge in [0.2, 0.25) is 0 Å². The van der Waals surface area contributed by atoms with Crippen LogP contribution >= 0.6 is 15.9 Å². The Hall–Kier alpha value is -3.88. The summed E-state index contributed by atoms with van der Waals surface area (Å²) in [4.78, 5) is 14.3. The number of para-hydroxylation sites is 1. The number of sulfonamides is 1. The molecule has 0 aliphatic rings. The van der Waals surface area contributed by atoms with Gasteiger partial charge in [-0.2, -0.15) is 0 Å². The predicted octanol–water partition coefficient (Wildman–Crippen LogP) is 7.23. The Balaban J connectivity index is 1.72. The van der Waals surface area contributed by atoms with Crippen molar-refractivity contribution in [3.63, 3.8) is 0 Å². The molecule has 5 rings (SSSR count). The molecule has 8 heteroatoms. The van der Waals surface area contributed by atoms with Gasteiger partial charge in [0, 0.05) is 11.5 Å². The molecule has 4 aromatic carbocycles. The number of hydrogen-bond acceptors (Lipinski definition) is 3. The highest BCUT2D eigenvalue weighted by Crippen LogP contribution is 2.32. The summed E-state index contributed by atoms with van der Waals surface area (Å²) in [7, 11) is -2.37. The molecule has 0 aliphatic carbocycles. The molecule has 0 spiro atoms. The molecule has 0 saturated heterocycles. The molecular formula is C33H32BrN3O3S. The summed E-state index contributed by atoms with van der Waals surface area (Å²) < 4.78 is 34.7. The monoisotopic (exact) mass is 629 g/mol. The van der Waals surface area contributed by atoms with Gasteiger partial charge in [-0.15, -0.1) is 0 Å². The third kappa shape index (κ3) is 5.42. The molecule has 0 saturated carbocycles. The second kappa shape index (κ2) is 11.2. The number of rotatable bonds is 7. The van der Waals surface area contributed by atoms with Gasteiger partial charge in [-0.05, 0) is 85.8 Å². The van der Waals surface area contributed by atoms with E-state index >= 15 is 0 Å². The van der Waals surface area contributed by atoms with Gasteiger partial charge >= 0.3 is 0 Å². The van der Waals surface area contributed by atoms with Crippen molar-refractivity contribution >= 4 is 31.6 Å². The van der Waals surface area contributed by atoms with Gasteiger partial charge in [0.25, 0.3) is 15.6 Å². The van der Waals surface area contributed by atoms with Gasteiger partial charge in [-0.3, -0.25) is 13.8 Å². The Morgan fingerprint density at radius 3 is 2.05 bits per heavy atom. The average molecular weight is 631 g/mol. The van der Waals surface area contributed by atoms with Crippen LogP contribution in [0.2, 0.25) is 0 Å². The Bertz CT molecular complexity index is 1890. The average Bonchev–Trinajstić information content (AvgIpc) is 3.14. The van der Waals surface area contributed by atoms with Crippen LogP contribution in [0.3, 0.4) is 0 Å². The summed E-state index contributed by atoms with van der Waals surface area (Å²) >= 11 is 3.48. The van der Waals surface area contributed by atoms with E-state index in [2.05, 4.69) is 15.9 Å². The summed E-state index contributed by atoms with van der Waals surface area (Å²) in [5.74, 6) is 0. The standard InChI is InChI=1S/C33H32BrN3O3S/c1-22-18-23(2)32(24(3)19-22)41(39,40)36(21-26-10-9-11-28(20-26)27-14-16-29(34)17-15-27)31-25(4)35(5)37(33(31)38)30-12-7-6-8-13-30/h6-20H,21H2,1-5H3. The zero-order chi connectivity index (χ0) is 29.5. The highest BCUT2D eigenvalue weighted by molar-refractivity contribution is 9.10. The number of nitrogens with zero attached hydrogens (tertiary/aromatic N) is 3. The van der Waals surface area contributed by atoms with Gasteiger partial charge in [-0.25, -0.2) is 13.1 Å². The molecule has 1 aromatic heterocycles. The fraction of sp³-hybridized carbons (Fsp3) is 0.182. The number of benzene rings is 4. The lowest BCUT2D eigenvalue weighted by Gasteiger charge is -2.26. The first-order valence-electron chi connectivity index (χ1n) is 13.3. The van der Waals surface area contributed by atoms with E-state index in [-0.39, 0.29) is 17.1 Å². The van der Waals surface area contributed by atoms with E-state index < -0.39 is 15.6 Å². The highest BCUT2D eigenvalue weighted by atomic mass is 79.9. The summed E-state index contributed by atoms with van der Waals surface area (Å²) in [5, 5.41) is 0. The number of halogens is 1. The van der Waals surface area contributed by atoms with Crippen LogP contribution in [0, 0.1) is 27.7 Å². The van der Waals surface area contributed by atoms with E-state index in [0.717, 1.165) is 26.7 Å². The molecule has 1 heterocycles. The number of aryl methyl sites for hydroxylation is 3. The van der Waals surface area contributed by atoms with Gasteiger partial charge < -0.3 is 0 Å². The van der Waals surface area contributed by atoms with E-state index in [1.165, 1.54) is 8.99 Å². The molecule has 41 heavy (non-hydrogen) atoms. The van der Waals surface area contributed by atoms with Crippen LogP contribution in [0.25, 0.3) is 16.8 Å². The predicted molar refractivity (Wildman–Crippen MR) is 169 cm³/mol. The maximum atomic E-state index is 14.6. The third-order valence-electron chi connectivity index (χ3n) is 7.36. The minimum absolute atomic E-state index is 0.00561. The molecule has 0 aliphatic heterocycles. The molecule has 0 radical (unpaired) electrons. The van der Waals surface area contributed by atoms with Crippen molar-refractivity contribution in [3.8, 4) is 16.8 Å². The third-order valence-corrected chi connectivity index (χ3v) is 9.94. The highest BCUT2D eigenvalue weighted by Gasteiger charge is 2.34. The maximum absolute atomic E-state index is 14.6. The molecule has 0 bridgehead atoms.